The average molecular weight is 513 g/mol. The third kappa shape index (κ3) is 6.90. The molecule has 1 aromatic carbocycles. The Bertz CT molecular complexity index is 910. The molecule has 1 unspecified atom stereocenters. The molecule has 33 heavy (non-hydrogen) atoms. The normalized spacial score (nSPS) is 18.5. The van der Waals surface area contributed by atoms with Gasteiger partial charge in [0.15, 0.2) is 0 Å². The van der Waals surface area contributed by atoms with Gasteiger partial charge in [-0.3, -0.25) is 9.59 Å². The average Bonchev–Trinajstić information content (AvgIpc) is 3.34. The monoisotopic (exact) mass is 512 g/mol. The third-order valence-electron chi connectivity index (χ3n) is 6.17. The molecule has 2 amide bonds. The first-order valence-corrected chi connectivity index (χ1v) is 12.9. The lowest BCUT2D eigenvalue weighted by Crippen LogP contribution is -2.46. The van der Waals surface area contributed by atoms with Crippen molar-refractivity contribution >= 4 is 58.8 Å². The fourth-order valence-electron chi connectivity index (χ4n) is 4.15. The number of nitrogens with one attached hydrogen (secondary N) is 1. The third-order valence-corrected chi connectivity index (χ3v) is 8.58. The number of thioether (sulfide) groups is 1. The van der Waals surface area contributed by atoms with Crippen molar-refractivity contribution in [3.8, 4) is 0 Å². The number of nitrogens with zero attached hydrogens (tertiary/aromatic N) is 1. The van der Waals surface area contributed by atoms with Gasteiger partial charge in [0.25, 0.3) is 0 Å². The molecular formula is C24H30Cl2N2O4S. The molecule has 0 aromatic heterocycles. The highest BCUT2D eigenvalue weighted by atomic mass is 35.5. The molecule has 1 aliphatic carbocycles. The van der Waals surface area contributed by atoms with Crippen LogP contribution in [0.4, 0.5) is 0 Å². The van der Waals surface area contributed by atoms with Crippen LogP contribution in [0.3, 0.4) is 0 Å². The maximum absolute atomic E-state index is 12.6. The summed E-state index contributed by atoms with van der Waals surface area (Å²) in [6.45, 7) is 2.53. The number of carbonyl (C=O) groups is 3. The maximum Gasteiger partial charge on any atom is 0.328 e. The van der Waals surface area contributed by atoms with Gasteiger partial charge in [-0.05, 0) is 50.3 Å². The van der Waals surface area contributed by atoms with Gasteiger partial charge < -0.3 is 15.0 Å². The summed E-state index contributed by atoms with van der Waals surface area (Å²) in [5, 5.41) is 4.26. The Hall–Kier alpha value is -1.70. The molecule has 2 aliphatic rings. The molecule has 1 N–H and O–H groups in total. The molecule has 9 heteroatoms. The van der Waals surface area contributed by atoms with Gasteiger partial charge in [0.1, 0.15) is 6.04 Å². The molecule has 1 saturated carbocycles. The summed E-state index contributed by atoms with van der Waals surface area (Å²) >= 11 is 14.8. The minimum atomic E-state index is -0.690. The molecule has 180 valence electrons. The van der Waals surface area contributed by atoms with E-state index in [4.69, 9.17) is 23.2 Å². The predicted molar refractivity (Wildman–Crippen MR) is 133 cm³/mol. The second-order valence-corrected chi connectivity index (χ2v) is 10.6. The predicted octanol–water partition coefficient (Wildman–Crippen LogP) is 4.96. The van der Waals surface area contributed by atoms with Crippen molar-refractivity contribution < 1.29 is 19.1 Å². The van der Waals surface area contributed by atoms with Gasteiger partial charge in [0, 0.05) is 35.2 Å². The van der Waals surface area contributed by atoms with Crippen LogP contribution < -0.4 is 5.32 Å². The fourth-order valence-corrected chi connectivity index (χ4v) is 6.02. The summed E-state index contributed by atoms with van der Waals surface area (Å²) in [5.41, 5.74) is 0.705. The smallest absolute Gasteiger partial charge is 0.328 e. The van der Waals surface area contributed by atoms with Crippen molar-refractivity contribution in [3.63, 3.8) is 0 Å². The minimum Gasteiger partial charge on any atom is -0.467 e. The minimum absolute atomic E-state index is 0.131. The quantitative estimate of drug-likeness (QED) is 0.412. The Morgan fingerprint density at radius 1 is 1.12 bits per heavy atom. The van der Waals surface area contributed by atoms with Crippen molar-refractivity contribution in [1.29, 1.82) is 0 Å². The Kier molecular flexibility index (Phi) is 9.53. The lowest BCUT2D eigenvalue weighted by atomic mass is 9.95. The number of halogens is 2. The molecule has 1 aliphatic heterocycles. The van der Waals surface area contributed by atoms with E-state index in [9.17, 15) is 14.4 Å². The standard InChI is InChI=1S/C24H30Cl2N2O4S/c1-15(24(31)32-2)27-23(30)17-11-13-28(14-12-17)20(29)10-8-16-7-9-19(22(26)21(16)25)33-18-5-3-4-6-18/h7-10,15,17-18H,3-6,11-14H2,1-2H3,(H,27,30). The van der Waals surface area contributed by atoms with Crippen LogP contribution in [-0.4, -0.2) is 54.2 Å². The van der Waals surface area contributed by atoms with E-state index in [2.05, 4.69) is 10.1 Å². The number of methoxy groups -OCH3 is 1. The first kappa shape index (κ1) is 25.9. The summed E-state index contributed by atoms with van der Waals surface area (Å²) in [6, 6.07) is 3.18. The Labute approximate surface area is 209 Å². The van der Waals surface area contributed by atoms with Crippen molar-refractivity contribution in [1.82, 2.24) is 10.2 Å². The fraction of sp³-hybridized carbons (Fsp3) is 0.542. The Morgan fingerprint density at radius 3 is 2.42 bits per heavy atom. The Balaban J connectivity index is 1.52. The molecule has 1 aromatic rings. The van der Waals surface area contributed by atoms with E-state index in [0.717, 1.165) is 4.90 Å². The van der Waals surface area contributed by atoms with Gasteiger partial charge in [-0.1, -0.05) is 42.1 Å². The van der Waals surface area contributed by atoms with E-state index in [0.29, 0.717) is 46.8 Å². The first-order valence-electron chi connectivity index (χ1n) is 11.3. The van der Waals surface area contributed by atoms with E-state index < -0.39 is 12.0 Å². The summed E-state index contributed by atoms with van der Waals surface area (Å²) in [6.07, 6.45) is 9.21. The van der Waals surface area contributed by atoms with Crippen molar-refractivity contribution in [2.75, 3.05) is 20.2 Å². The topological polar surface area (TPSA) is 75.7 Å². The number of ether oxygens (including phenoxy) is 1. The van der Waals surface area contributed by atoms with Gasteiger partial charge >= 0.3 is 5.97 Å². The van der Waals surface area contributed by atoms with Crippen LogP contribution >= 0.6 is 35.0 Å². The summed E-state index contributed by atoms with van der Waals surface area (Å²) in [7, 11) is 1.29. The molecule has 1 heterocycles. The lowest BCUT2D eigenvalue weighted by molar-refractivity contribution is -0.145. The van der Waals surface area contributed by atoms with Crippen LogP contribution in [0.15, 0.2) is 23.1 Å². The molecular weight excluding hydrogens is 483 g/mol. The summed E-state index contributed by atoms with van der Waals surface area (Å²) in [5.74, 6) is -1.03. The number of hydrogen-bond acceptors (Lipinski definition) is 5. The molecule has 3 rings (SSSR count). The number of rotatable bonds is 7. The SMILES string of the molecule is COC(=O)C(C)NC(=O)C1CCN(C(=O)C=Cc2ccc(SC3CCCC3)c(Cl)c2Cl)CC1. The van der Waals surface area contributed by atoms with Crippen LogP contribution in [0.5, 0.6) is 0 Å². The first-order chi connectivity index (χ1) is 15.8. The second-order valence-electron chi connectivity index (χ2n) is 8.49. The van der Waals surface area contributed by atoms with Crippen molar-refractivity contribution in [3.05, 3.63) is 33.8 Å². The van der Waals surface area contributed by atoms with E-state index in [-0.39, 0.29) is 17.7 Å². The zero-order valence-corrected chi connectivity index (χ0v) is 21.3. The van der Waals surface area contributed by atoms with Crippen LogP contribution in [0.1, 0.15) is 51.0 Å². The van der Waals surface area contributed by atoms with Crippen molar-refractivity contribution in [2.45, 2.75) is 61.6 Å². The maximum atomic E-state index is 12.6. The highest BCUT2D eigenvalue weighted by Gasteiger charge is 2.28. The van der Waals surface area contributed by atoms with E-state index in [1.54, 1.807) is 29.7 Å². The van der Waals surface area contributed by atoms with Crippen LogP contribution in [0.25, 0.3) is 6.08 Å². The molecule has 2 fully saturated rings. The molecule has 6 nitrogen and oxygen atoms in total. The highest BCUT2D eigenvalue weighted by Crippen LogP contribution is 2.41. The van der Waals surface area contributed by atoms with Crippen LogP contribution in [0, 0.1) is 5.92 Å². The number of likely N-dealkylation sites (tertiary alicyclic amines) is 1. The van der Waals surface area contributed by atoms with Gasteiger partial charge in [-0.15, -0.1) is 11.8 Å². The lowest BCUT2D eigenvalue weighted by Gasteiger charge is -2.31. The van der Waals surface area contributed by atoms with Gasteiger partial charge in [-0.2, -0.15) is 0 Å². The molecule has 0 spiro atoms. The van der Waals surface area contributed by atoms with Gasteiger partial charge in [0.05, 0.1) is 17.2 Å². The van der Waals surface area contributed by atoms with Gasteiger partial charge in [0.2, 0.25) is 11.8 Å². The number of esters is 1. The zero-order chi connectivity index (χ0) is 24.0. The summed E-state index contributed by atoms with van der Waals surface area (Å²) in [4.78, 5) is 39.2. The van der Waals surface area contributed by atoms with Gasteiger partial charge in [-0.25, -0.2) is 4.79 Å². The van der Waals surface area contributed by atoms with Crippen LogP contribution in [0.2, 0.25) is 10.0 Å². The summed E-state index contributed by atoms with van der Waals surface area (Å²) < 4.78 is 4.63. The number of amides is 2. The largest absolute Gasteiger partial charge is 0.467 e. The number of hydrogen-bond donors (Lipinski definition) is 1. The molecule has 1 saturated heterocycles. The molecule has 0 bridgehead atoms. The molecule has 1 atom stereocenters. The highest BCUT2D eigenvalue weighted by molar-refractivity contribution is 8.00. The van der Waals surface area contributed by atoms with E-state index in [1.807, 2.05) is 12.1 Å². The Morgan fingerprint density at radius 2 is 1.79 bits per heavy atom. The van der Waals surface area contributed by atoms with Crippen LogP contribution in [-0.2, 0) is 19.1 Å². The zero-order valence-electron chi connectivity index (χ0n) is 18.9. The second kappa shape index (κ2) is 12.1. The number of carbonyl (C=O) groups excluding carboxylic acids is 3. The number of benzene rings is 1. The number of piperidine rings is 1. The van der Waals surface area contributed by atoms with E-state index >= 15 is 0 Å². The molecule has 0 radical (unpaired) electrons. The van der Waals surface area contributed by atoms with Crippen molar-refractivity contribution in [2.24, 2.45) is 5.92 Å². The van der Waals surface area contributed by atoms with E-state index in [1.165, 1.54) is 38.9 Å².